The molecule has 0 amide bonds. The average Bonchev–Trinajstić information content (AvgIpc) is 1.89. The summed E-state index contributed by atoms with van der Waals surface area (Å²) >= 11 is 0. The maximum atomic E-state index is 9.48. The number of rotatable bonds is 3. The zero-order valence-corrected chi connectivity index (χ0v) is 5.37. The molecule has 0 N–H and O–H groups in total. The van der Waals surface area contributed by atoms with Crippen molar-refractivity contribution in [1.29, 1.82) is 0 Å². The van der Waals surface area contributed by atoms with Crippen LogP contribution >= 0.6 is 0 Å². The normalized spacial score (nSPS) is 11.9. The van der Waals surface area contributed by atoms with E-state index in [0.29, 0.717) is 0 Å². The molecule has 0 aliphatic carbocycles. The highest BCUT2D eigenvalue weighted by atomic mass is 16.2. The summed E-state index contributed by atoms with van der Waals surface area (Å²) in [5, 5.41) is 2.53. The third-order valence-electron chi connectivity index (χ3n) is 0.828. The van der Waals surface area contributed by atoms with Crippen LogP contribution in [0.4, 0.5) is 0 Å². The van der Waals surface area contributed by atoms with Crippen LogP contribution in [0.3, 0.4) is 0 Å². The molecule has 0 radical (unpaired) electrons. The zero-order chi connectivity index (χ0) is 7.11. The summed E-state index contributed by atoms with van der Waals surface area (Å²) in [6.07, 6.45) is 6.22. The second-order valence-electron chi connectivity index (χ2n) is 1.56. The third-order valence-corrected chi connectivity index (χ3v) is 0.828. The highest BCUT2D eigenvalue weighted by Crippen LogP contribution is 1.92. The third kappa shape index (κ3) is 4.68. The molecule has 0 aromatic rings. The standard InChI is InChI=1S/C7H9NO/c1-3-7(2)5-4-6-8-9/h3-6H,1H2,2H3/b6-4-,7-5-. The Bertz CT molecular complexity index is 156. The first-order chi connectivity index (χ1) is 4.31. The van der Waals surface area contributed by atoms with E-state index in [0.717, 1.165) is 5.57 Å². The van der Waals surface area contributed by atoms with Gasteiger partial charge in [0.1, 0.15) is 0 Å². The first-order valence-electron chi connectivity index (χ1n) is 2.59. The van der Waals surface area contributed by atoms with Crippen LogP contribution in [0, 0.1) is 4.91 Å². The Labute approximate surface area is 54.6 Å². The zero-order valence-electron chi connectivity index (χ0n) is 5.37. The highest BCUT2D eigenvalue weighted by molar-refractivity contribution is 5.19. The quantitative estimate of drug-likeness (QED) is 0.418. The van der Waals surface area contributed by atoms with Crippen LogP contribution in [0.2, 0.25) is 0 Å². The minimum Gasteiger partial charge on any atom is -0.145 e. The van der Waals surface area contributed by atoms with Crippen LogP contribution in [0.15, 0.2) is 41.8 Å². The van der Waals surface area contributed by atoms with Crippen LogP contribution in [0.5, 0.6) is 0 Å². The Morgan fingerprint density at radius 1 is 1.67 bits per heavy atom. The van der Waals surface area contributed by atoms with Crippen molar-refractivity contribution >= 4 is 0 Å². The van der Waals surface area contributed by atoms with Gasteiger partial charge >= 0.3 is 0 Å². The maximum absolute atomic E-state index is 9.48. The van der Waals surface area contributed by atoms with Crippen molar-refractivity contribution in [1.82, 2.24) is 0 Å². The van der Waals surface area contributed by atoms with E-state index >= 15 is 0 Å². The molecule has 0 fully saturated rings. The average molecular weight is 123 g/mol. The largest absolute Gasteiger partial charge is 0.145 e. The molecule has 0 saturated carbocycles. The summed E-state index contributed by atoms with van der Waals surface area (Å²) in [6.45, 7) is 5.42. The van der Waals surface area contributed by atoms with Crippen molar-refractivity contribution in [2.24, 2.45) is 5.18 Å². The van der Waals surface area contributed by atoms with Crippen molar-refractivity contribution in [2.45, 2.75) is 6.92 Å². The van der Waals surface area contributed by atoms with E-state index in [1.54, 1.807) is 18.2 Å². The summed E-state index contributed by atoms with van der Waals surface area (Å²) in [5.41, 5.74) is 1.01. The molecule has 2 nitrogen and oxygen atoms in total. The molecule has 2 heteroatoms. The molecule has 0 rings (SSSR count). The van der Waals surface area contributed by atoms with Crippen LogP contribution in [0.25, 0.3) is 0 Å². The summed E-state index contributed by atoms with van der Waals surface area (Å²) in [7, 11) is 0. The predicted molar refractivity (Wildman–Crippen MR) is 38.9 cm³/mol. The van der Waals surface area contributed by atoms with Crippen molar-refractivity contribution < 1.29 is 0 Å². The summed E-state index contributed by atoms with van der Waals surface area (Å²) in [4.78, 5) is 9.48. The van der Waals surface area contributed by atoms with Gasteiger partial charge in [0, 0.05) is 0 Å². The first kappa shape index (κ1) is 7.82. The van der Waals surface area contributed by atoms with Gasteiger partial charge in [0.05, 0.1) is 6.20 Å². The van der Waals surface area contributed by atoms with Crippen molar-refractivity contribution in [3.05, 3.63) is 41.5 Å². The topological polar surface area (TPSA) is 29.4 Å². The number of hydrogen-bond donors (Lipinski definition) is 0. The fraction of sp³-hybridized carbons (Fsp3) is 0.143. The van der Waals surface area contributed by atoms with Crippen LogP contribution in [-0.4, -0.2) is 0 Å². The lowest BCUT2D eigenvalue weighted by Gasteiger charge is -1.80. The lowest BCUT2D eigenvalue weighted by Crippen LogP contribution is -1.60. The number of nitroso groups, excluding NO2 is 1. The lowest BCUT2D eigenvalue weighted by atomic mass is 10.3. The molecule has 0 saturated heterocycles. The van der Waals surface area contributed by atoms with E-state index in [-0.39, 0.29) is 0 Å². The Morgan fingerprint density at radius 3 is 2.78 bits per heavy atom. The summed E-state index contributed by atoms with van der Waals surface area (Å²) in [5.74, 6) is 0. The lowest BCUT2D eigenvalue weighted by molar-refractivity contribution is 1.49. The molecule has 0 bridgehead atoms. The molecule has 0 aromatic carbocycles. The van der Waals surface area contributed by atoms with E-state index in [2.05, 4.69) is 11.8 Å². The molecule has 48 valence electrons. The SMILES string of the molecule is C=C/C(C)=C\C=C/N=O. The summed E-state index contributed by atoms with van der Waals surface area (Å²) in [6, 6.07) is 0. The molecule has 0 aliphatic heterocycles. The van der Waals surface area contributed by atoms with Gasteiger partial charge in [0.2, 0.25) is 0 Å². The predicted octanol–water partition coefficient (Wildman–Crippen LogP) is 2.40. The smallest absolute Gasteiger partial charge is 0.0714 e. The first-order valence-corrected chi connectivity index (χ1v) is 2.59. The van der Waals surface area contributed by atoms with Crippen LogP contribution < -0.4 is 0 Å². The van der Waals surface area contributed by atoms with Gasteiger partial charge in [-0.1, -0.05) is 24.3 Å². The molecule has 0 aromatic heterocycles. The number of nitrogens with zero attached hydrogens (tertiary/aromatic N) is 1. The molecular weight excluding hydrogens is 114 g/mol. The van der Waals surface area contributed by atoms with Gasteiger partial charge in [0.25, 0.3) is 0 Å². The Balaban J connectivity index is 3.81. The van der Waals surface area contributed by atoms with Crippen LogP contribution in [0.1, 0.15) is 6.92 Å². The minimum absolute atomic E-state index is 1.01. The maximum Gasteiger partial charge on any atom is 0.0714 e. The molecule has 0 atom stereocenters. The molecular formula is C7H9NO. The van der Waals surface area contributed by atoms with Gasteiger partial charge in [-0.2, -0.15) is 0 Å². The van der Waals surface area contributed by atoms with E-state index in [1.165, 1.54) is 6.20 Å². The van der Waals surface area contributed by atoms with E-state index in [9.17, 15) is 4.91 Å². The minimum atomic E-state index is 1.01. The summed E-state index contributed by atoms with van der Waals surface area (Å²) < 4.78 is 0. The van der Waals surface area contributed by atoms with Gasteiger partial charge in [-0.3, -0.25) is 0 Å². The molecule has 9 heavy (non-hydrogen) atoms. The van der Waals surface area contributed by atoms with Crippen molar-refractivity contribution in [3.8, 4) is 0 Å². The monoisotopic (exact) mass is 123 g/mol. The molecule has 0 unspecified atom stereocenters. The van der Waals surface area contributed by atoms with E-state index in [4.69, 9.17) is 0 Å². The van der Waals surface area contributed by atoms with Crippen molar-refractivity contribution in [2.75, 3.05) is 0 Å². The Morgan fingerprint density at radius 2 is 2.33 bits per heavy atom. The fourth-order valence-corrected chi connectivity index (χ4v) is 0.298. The Hall–Kier alpha value is -1.18. The van der Waals surface area contributed by atoms with Gasteiger partial charge in [0.15, 0.2) is 0 Å². The second kappa shape index (κ2) is 4.97. The van der Waals surface area contributed by atoms with E-state index in [1.807, 2.05) is 6.92 Å². The fourth-order valence-electron chi connectivity index (χ4n) is 0.298. The van der Waals surface area contributed by atoms with Crippen molar-refractivity contribution in [3.63, 3.8) is 0 Å². The molecule has 0 heterocycles. The van der Waals surface area contributed by atoms with Gasteiger partial charge < -0.3 is 0 Å². The molecule has 0 spiro atoms. The molecule has 0 aliphatic rings. The van der Waals surface area contributed by atoms with Gasteiger partial charge in [-0.15, -0.1) is 4.91 Å². The second-order valence-corrected chi connectivity index (χ2v) is 1.56. The highest BCUT2D eigenvalue weighted by Gasteiger charge is 1.71. The van der Waals surface area contributed by atoms with E-state index < -0.39 is 0 Å². The number of hydrogen-bond acceptors (Lipinski definition) is 2. The van der Waals surface area contributed by atoms with Gasteiger partial charge in [-0.25, -0.2) is 0 Å². The van der Waals surface area contributed by atoms with Crippen LogP contribution in [-0.2, 0) is 0 Å². The van der Waals surface area contributed by atoms with Gasteiger partial charge in [-0.05, 0) is 18.2 Å². The number of allylic oxidation sites excluding steroid dienone is 4. The Kier molecular flexibility index (Phi) is 4.32.